The van der Waals surface area contributed by atoms with E-state index in [0.29, 0.717) is 0 Å². The van der Waals surface area contributed by atoms with Gasteiger partial charge < -0.3 is 11.1 Å². The third-order valence-corrected chi connectivity index (χ3v) is 4.89. The molecule has 0 saturated carbocycles. The maximum atomic E-state index is 11.4. The molecule has 0 spiro atoms. The number of hydrogen-bond acceptors (Lipinski definition) is 2. The third kappa shape index (κ3) is 4.42. The lowest BCUT2D eigenvalue weighted by atomic mass is 10.0. The lowest BCUT2D eigenvalue weighted by Gasteiger charge is -2.18. The average Bonchev–Trinajstić information content (AvgIpc) is 3.05. The molecule has 2 atom stereocenters. The fraction of sp³-hybridized carbons (Fsp3) is 0.389. The maximum absolute atomic E-state index is 11.4. The van der Waals surface area contributed by atoms with Crippen LogP contribution in [0.2, 0.25) is 0 Å². The summed E-state index contributed by atoms with van der Waals surface area (Å²) in [5.41, 5.74) is 8.02. The molecular weight excluding hydrogens is 292 g/mol. The number of carbonyl (C=O) groups is 1. The third-order valence-electron chi connectivity index (χ3n) is 3.94. The lowest BCUT2D eigenvalue weighted by Crippen LogP contribution is -2.92. The summed E-state index contributed by atoms with van der Waals surface area (Å²) in [6.45, 7) is 4.07. The first-order valence-corrected chi connectivity index (χ1v) is 8.76. The van der Waals surface area contributed by atoms with Gasteiger partial charge in [-0.2, -0.15) is 0 Å². The highest BCUT2D eigenvalue weighted by atomic mass is 32.1. The number of primary amides is 1. The summed E-state index contributed by atoms with van der Waals surface area (Å²) in [4.78, 5) is 12.6. The van der Waals surface area contributed by atoms with Crippen molar-refractivity contribution in [2.45, 2.75) is 45.2 Å². The number of hydrogen-bond donors (Lipinski definition) is 2. The van der Waals surface area contributed by atoms with E-state index < -0.39 is 0 Å². The average molecular weight is 317 g/mol. The molecule has 4 heteroatoms. The van der Waals surface area contributed by atoms with Crippen molar-refractivity contribution in [3.63, 3.8) is 0 Å². The van der Waals surface area contributed by atoms with E-state index in [1.165, 1.54) is 28.8 Å². The Morgan fingerprint density at radius 3 is 2.55 bits per heavy atom. The van der Waals surface area contributed by atoms with Crippen molar-refractivity contribution < 1.29 is 10.1 Å². The molecule has 0 bridgehead atoms. The van der Waals surface area contributed by atoms with E-state index in [2.05, 4.69) is 48.0 Å². The minimum absolute atomic E-state index is 0.128. The molecule has 0 saturated heterocycles. The molecule has 1 aromatic heterocycles. The van der Waals surface area contributed by atoms with Gasteiger partial charge in [0.15, 0.2) is 6.04 Å². The molecule has 2 aromatic rings. The molecule has 3 nitrogen and oxygen atoms in total. The number of unbranched alkanes of at least 4 members (excludes halogenated alkanes) is 1. The van der Waals surface area contributed by atoms with E-state index in [1.807, 2.05) is 13.0 Å². The van der Waals surface area contributed by atoms with Crippen molar-refractivity contribution in [1.82, 2.24) is 0 Å². The van der Waals surface area contributed by atoms with Gasteiger partial charge in [0.1, 0.15) is 6.04 Å². The Balaban J connectivity index is 2.19. The second-order valence-electron chi connectivity index (χ2n) is 5.72. The molecule has 0 aliphatic carbocycles. The van der Waals surface area contributed by atoms with Crippen molar-refractivity contribution in [3.8, 4) is 0 Å². The highest BCUT2D eigenvalue weighted by Crippen LogP contribution is 2.23. The second-order valence-corrected chi connectivity index (χ2v) is 6.70. The van der Waals surface area contributed by atoms with E-state index in [0.717, 1.165) is 6.42 Å². The fourth-order valence-electron chi connectivity index (χ4n) is 2.49. The minimum Gasteiger partial charge on any atom is -0.365 e. The van der Waals surface area contributed by atoms with Crippen molar-refractivity contribution >= 4 is 17.2 Å². The van der Waals surface area contributed by atoms with E-state index in [9.17, 15) is 4.79 Å². The first kappa shape index (κ1) is 16.7. The number of quaternary nitrogens is 1. The predicted octanol–water partition coefficient (Wildman–Crippen LogP) is 2.62. The Morgan fingerprint density at radius 2 is 2.00 bits per heavy atom. The van der Waals surface area contributed by atoms with Crippen molar-refractivity contribution in [2.24, 2.45) is 5.73 Å². The summed E-state index contributed by atoms with van der Waals surface area (Å²) in [6.07, 6.45) is 3.56. The van der Waals surface area contributed by atoms with Gasteiger partial charge in [0.05, 0.1) is 4.88 Å². The standard InChI is InChI=1S/C18H24N2OS/c1-3-4-6-14-8-10-15(11-9-14)17(16-7-5-12-22-16)20-13(2)18(19)21/h5,7-13,17,20H,3-4,6H2,1-2H3,(H2,19,21)/p+1/t13-,17-/m1/s1. The van der Waals surface area contributed by atoms with Crippen LogP contribution in [0.15, 0.2) is 41.8 Å². The van der Waals surface area contributed by atoms with Gasteiger partial charge in [-0.15, -0.1) is 11.3 Å². The first-order chi connectivity index (χ1) is 10.6. The van der Waals surface area contributed by atoms with Gasteiger partial charge in [0.2, 0.25) is 0 Å². The summed E-state index contributed by atoms with van der Waals surface area (Å²) < 4.78 is 0. The Hall–Kier alpha value is -1.65. The van der Waals surface area contributed by atoms with Crippen molar-refractivity contribution in [3.05, 3.63) is 57.8 Å². The number of nitrogens with two attached hydrogens (primary N) is 2. The van der Waals surface area contributed by atoms with Gasteiger partial charge in [-0.05, 0) is 36.8 Å². The molecule has 4 N–H and O–H groups in total. The Bertz CT molecular complexity index is 578. The number of aryl methyl sites for hydroxylation is 1. The molecule has 22 heavy (non-hydrogen) atoms. The van der Waals surface area contributed by atoms with Crippen LogP contribution in [-0.4, -0.2) is 11.9 Å². The van der Waals surface area contributed by atoms with Gasteiger partial charge in [0, 0.05) is 5.56 Å². The highest BCUT2D eigenvalue weighted by molar-refractivity contribution is 7.10. The SMILES string of the molecule is CCCCc1ccc([C@@H]([NH2+][C@H](C)C(N)=O)c2cccs2)cc1. The Labute approximate surface area is 136 Å². The molecule has 2 rings (SSSR count). The topological polar surface area (TPSA) is 59.7 Å². The minimum atomic E-state index is -0.277. The van der Waals surface area contributed by atoms with Crippen LogP contribution in [0.4, 0.5) is 0 Å². The highest BCUT2D eigenvalue weighted by Gasteiger charge is 2.24. The molecule has 118 valence electrons. The van der Waals surface area contributed by atoms with Crippen LogP contribution >= 0.6 is 11.3 Å². The number of thiophene rings is 1. The van der Waals surface area contributed by atoms with E-state index in [1.54, 1.807) is 11.3 Å². The maximum Gasteiger partial charge on any atom is 0.275 e. The number of carbonyl (C=O) groups excluding carboxylic acids is 1. The van der Waals surface area contributed by atoms with E-state index in [4.69, 9.17) is 5.73 Å². The summed E-state index contributed by atoms with van der Waals surface area (Å²) in [7, 11) is 0. The fourth-order valence-corrected chi connectivity index (χ4v) is 3.33. The van der Waals surface area contributed by atoms with Crippen LogP contribution in [0, 0.1) is 0 Å². The monoisotopic (exact) mass is 317 g/mol. The molecule has 0 aliphatic heterocycles. The van der Waals surface area contributed by atoms with Crippen LogP contribution < -0.4 is 11.1 Å². The number of benzene rings is 1. The van der Waals surface area contributed by atoms with Crippen LogP contribution in [0.25, 0.3) is 0 Å². The molecule has 0 aliphatic rings. The van der Waals surface area contributed by atoms with Gasteiger partial charge in [-0.25, -0.2) is 0 Å². The Kier molecular flexibility index (Phi) is 6.16. The molecule has 1 heterocycles. The van der Waals surface area contributed by atoms with Crippen molar-refractivity contribution in [2.75, 3.05) is 0 Å². The first-order valence-electron chi connectivity index (χ1n) is 7.88. The van der Waals surface area contributed by atoms with Crippen LogP contribution in [0.5, 0.6) is 0 Å². The normalized spacial score (nSPS) is 13.7. The van der Waals surface area contributed by atoms with Crippen LogP contribution in [0.3, 0.4) is 0 Å². The van der Waals surface area contributed by atoms with E-state index >= 15 is 0 Å². The largest absolute Gasteiger partial charge is 0.365 e. The molecule has 0 radical (unpaired) electrons. The zero-order valence-electron chi connectivity index (χ0n) is 13.3. The quantitative estimate of drug-likeness (QED) is 0.772. The molecule has 1 amide bonds. The lowest BCUT2D eigenvalue weighted by molar-refractivity contribution is -0.704. The van der Waals surface area contributed by atoms with Gasteiger partial charge in [0.25, 0.3) is 5.91 Å². The van der Waals surface area contributed by atoms with Crippen LogP contribution in [-0.2, 0) is 11.2 Å². The summed E-state index contributed by atoms with van der Waals surface area (Å²) in [6, 6.07) is 12.8. The predicted molar refractivity (Wildman–Crippen MR) is 91.8 cm³/mol. The zero-order chi connectivity index (χ0) is 15.9. The molecule has 0 fully saturated rings. The molecular formula is C18H25N2OS+. The van der Waals surface area contributed by atoms with E-state index in [-0.39, 0.29) is 18.0 Å². The molecule has 1 aromatic carbocycles. The molecule has 0 unspecified atom stereocenters. The van der Waals surface area contributed by atoms with Gasteiger partial charge in [-0.1, -0.05) is 43.7 Å². The van der Waals surface area contributed by atoms with Gasteiger partial charge >= 0.3 is 0 Å². The summed E-state index contributed by atoms with van der Waals surface area (Å²) in [5.74, 6) is -0.277. The second kappa shape index (κ2) is 8.11. The zero-order valence-corrected chi connectivity index (χ0v) is 14.1. The van der Waals surface area contributed by atoms with Crippen LogP contribution in [0.1, 0.15) is 48.7 Å². The number of amides is 1. The van der Waals surface area contributed by atoms with Crippen molar-refractivity contribution in [1.29, 1.82) is 0 Å². The summed E-state index contributed by atoms with van der Waals surface area (Å²) in [5, 5.41) is 4.12. The van der Waals surface area contributed by atoms with Gasteiger partial charge in [-0.3, -0.25) is 4.79 Å². The smallest absolute Gasteiger partial charge is 0.275 e. The summed E-state index contributed by atoms with van der Waals surface area (Å²) >= 11 is 1.71. The Morgan fingerprint density at radius 1 is 1.27 bits per heavy atom. The number of rotatable bonds is 8.